The summed E-state index contributed by atoms with van der Waals surface area (Å²) in [5, 5.41) is 11.3. The molecule has 1 unspecified atom stereocenters. The molecule has 4 rings (SSSR count). The summed E-state index contributed by atoms with van der Waals surface area (Å²) in [4.78, 5) is 29.7. The number of likely N-dealkylation sites (N-methyl/N-ethyl adjacent to an activating group) is 1. The average molecular weight is 451 g/mol. The first kappa shape index (κ1) is 22.9. The van der Waals surface area contributed by atoms with Gasteiger partial charge in [-0.2, -0.15) is 0 Å². The fraction of sp³-hybridized carbons (Fsp3) is 0.385. The van der Waals surface area contributed by atoms with Crippen molar-refractivity contribution in [1.29, 1.82) is 0 Å². The molecule has 2 aromatic rings. The molecule has 2 aliphatic rings. The number of nitrogens with zero attached hydrogens (tertiary/aromatic N) is 2. The molecule has 1 saturated heterocycles. The third-order valence-electron chi connectivity index (χ3n) is 6.32. The number of aliphatic hydroxyl groups is 1. The standard InChI is InChI=1S/C26H30N2O5/c1-4-17-6-8-18(9-7-17)23-22(25(30)26(31)28(23)12-5-14-32-3)24(29)19-10-11-21-20(16-19)27(2)13-15-33-21/h6-11,16,23,29H,4-5,12-15H2,1-3H3/b24-22-. The van der Waals surface area contributed by atoms with E-state index in [4.69, 9.17) is 9.47 Å². The second-order valence-electron chi connectivity index (χ2n) is 8.39. The van der Waals surface area contributed by atoms with Gasteiger partial charge in [-0.05, 0) is 42.2 Å². The molecule has 1 amide bonds. The van der Waals surface area contributed by atoms with Gasteiger partial charge in [0, 0.05) is 32.9 Å². The lowest BCUT2D eigenvalue weighted by Gasteiger charge is -2.28. The Morgan fingerprint density at radius 1 is 1.18 bits per heavy atom. The van der Waals surface area contributed by atoms with E-state index in [1.807, 2.05) is 36.2 Å². The quantitative estimate of drug-likeness (QED) is 0.301. The van der Waals surface area contributed by atoms with Crippen molar-refractivity contribution in [1.82, 2.24) is 4.90 Å². The first-order chi connectivity index (χ1) is 16.0. The van der Waals surface area contributed by atoms with Crippen molar-refractivity contribution in [3.05, 3.63) is 64.7 Å². The minimum atomic E-state index is -0.670. The highest BCUT2D eigenvalue weighted by atomic mass is 16.5. The third-order valence-corrected chi connectivity index (χ3v) is 6.32. The van der Waals surface area contributed by atoms with Crippen molar-refractivity contribution in [2.45, 2.75) is 25.8 Å². The Labute approximate surface area is 194 Å². The van der Waals surface area contributed by atoms with E-state index >= 15 is 0 Å². The van der Waals surface area contributed by atoms with Crippen LogP contribution in [-0.2, 0) is 20.7 Å². The van der Waals surface area contributed by atoms with Crippen LogP contribution in [0.15, 0.2) is 48.0 Å². The third kappa shape index (κ3) is 4.33. The minimum absolute atomic E-state index is 0.112. The summed E-state index contributed by atoms with van der Waals surface area (Å²) < 4.78 is 10.8. The van der Waals surface area contributed by atoms with Crippen LogP contribution in [0.1, 0.15) is 36.1 Å². The van der Waals surface area contributed by atoms with Gasteiger partial charge in [-0.15, -0.1) is 0 Å². The van der Waals surface area contributed by atoms with Gasteiger partial charge in [-0.3, -0.25) is 9.59 Å². The number of fused-ring (bicyclic) bond motifs is 1. The maximum absolute atomic E-state index is 13.1. The molecule has 0 aliphatic carbocycles. The first-order valence-corrected chi connectivity index (χ1v) is 11.3. The number of carbonyl (C=O) groups is 2. The topological polar surface area (TPSA) is 79.3 Å². The molecule has 0 bridgehead atoms. The molecule has 1 fully saturated rings. The van der Waals surface area contributed by atoms with Crippen molar-refractivity contribution in [2.24, 2.45) is 0 Å². The lowest BCUT2D eigenvalue weighted by atomic mass is 9.94. The normalized spacial score (nSPS) is 19.5. The number of rotatable bonds is 7. The van der Waals surface area contributed by atoms with Crippen LogP contribution >= 0.6 is 0 Å². The number of methoxy groups -OCH3 is 1. The van der Waals surface area contributed by atoms with E-state index < -0.39 is 17.7 Å². The van der Waals surface area contributed by atoms with Gasteiger partial charge < -0.3 is 24.4 Å². The minimum Gasteiger partial charge on any atom is -0.507 e. The molecule has 33 heavy (non-hydrogen) atoms. The Kier molecular flexibility index (Phi) is 6.70. The average Bonchev–Trinajstić information content (AvgIpc) is 3.09. The van der Waals surface area contributed by atoms with Crippen molar-refractivity contribution < 1.29 is 24.2 Å². The summed E-state index contributed by atoms with van der Waals surface area (Å²) in [6.45, 7) is 4.22. The van der Waals surface area contributed by atoms with E-state index in [1.165, 1.54) is 0 Å². The largest absolute Gasteiger partial charge is 0.507 e. The molecule has 2 aromatic carbocycles. The number of ketones is 1. The maximum Gasteiger partial charge on any atom is 0.295 e. The van der Waals surface area contributed by atoms with E-state index in [9.17, 15) is 14.7 Å². The molecule has 7 heteroatoms. The van der Waals surface area contributed by atoms with Crippen molar-refractivity contribution in [3.63, 3.8) is 0 Å². The fourth-order valence-corrected chi connectivity index (χ4v) is 4.43. The first-order valence-electron chi connectivity index (χ1n) is 11.3. The smallest absolute Gasteiger partial charge is 0.295 e. The van der Waals surface area contributed by atoms with Crippen LogP contribution in [0.4, 0.5) is 5.69 Å². The van der Waals surface area contributed by atoms with Crippen LogP contribution in [0, 0.1) is 0 Å². The molecular weight excluding hydrogens is 420 g/mol. The van der Waals surface area contributed by atoms with Crippen LogP contribution in [0.25, 0.3) is 5.76 Å². The number of anilines is 1. The predicted octanol–water partition coefficient (Wildman–Crippen LogP) is 3.54. The van der Waals surface area contributed by atoms with E-state index in [2.05, 4.69) is 6.92 Å². The number of benzene rings is 2. The number of carbonyl (C=O) groups excluding carboxylic acids is 2. The summed E-state index contributed by atoms with van der Waals surface area (Å²) in [5.74, 6) is -0.714. The monoisotopic (exact) mass is 450 g/mol. The van der Waals surface area contributed by atoms with Crippen molar-refractivity contribution >= 4 is 23.1 Å². The number of aliphatic hydroxyl groups excluding tert-OH is 1. The van der Waals surface area contributed by atoms with Gasteiger partial charge >= 0.3 is 0 Å². The molecule has 2 heterocycles. The lowest BCUT2D eigenvalue weighted by Crippen LogP contribution is -2.31. The highest BCUT2D eigenvalue weighted by Crippen LogP contribution is 2.41. The fourth-order valence-electron chi connectivity index (χ4n) is 4.43. The number of hydrogen-bond acceptors (Lipinski definition) is 6. The van der Waals surface area contributed by atoms with Gasteiger partial charge in [-0.25, -0.2) is 0 Å². The molecule has 174 valence electrons. The highest BCUT2D eigenvalue weighted by Gasteiger charge is 2.45. The molecule has 7 nitrogen and oxygen atoms in total. The second-order valence-corrected chi connectivity index (χ2v) is 8.39. The Balaban J connectivity index is 1.80. The lowest BCUT2D eigenvalue weighted by molar-refractivity contribution is -0.140. The van der Waals surface area contributed by atoms with E-state index in [0.717, 1.165) is 35.5 Å². The molecule has 2 aliphatic heterocycles. The Morgan fingerprint density at radius 2 is 1.94 bits per heavy atom. The molecule has 0 saturated carbocycles. The Morgan fingerprint density at radius 3 is 2.64 bits per heavy atom. The number of amides is 1. The molecular formula is C26H30N2O5. The zero-order valence-electron chi connectivity index (χ0n) is 19.3. The molecule has 0 spiro atoms. The molecule has 0 aromatic heterocycles. The number of Topliss-reactive ketones (excluding diaryl/α,β-unsaturated/α-hetero) is 1. The van der Waals surface area contributed by atoms with Crippen LogP contribution in [0.2, 0.25) is 0 Å². The van der Waals surface area contributed by atoms with Gasteiger partial charge in [0.05, 0.1) is 23.8 Å². The number of aryl methyl sites for hydroxylation is 1. The number of likely N-dealkylation sites (tertiary alicyclic amines) is 1. The molecule has 0 radical (unpaired) electrons. The van der Waals surface area contributed by atoms with Gasteiger partial charge in [0.25, 0.3) is 11.7 Å². The summed E-state index contributed by atoms with van der Waals surface area (Å²) in [6.07, 6.45) is 1.48. The van der Waals surface area contributed by atoms with Crippen LogP contribution in [0.3, 0.4) is 0 Å². The van der Waals surface area contributed by atoms with E-state index in [0.29, 0.717) is 31.7 Å². The summed E-state index contributed by atoms with van der Waals surface area (Å²) >= 11 is 0. The maximum atomic E-state index is 13.1. The van der Waals surface area contributed by atoms with Gasteiger partial charge in [0.1, 0.15) is 18.1 Å². The van der Waals surface area contributed by atoms with Crippen LogP contribution in [-0.4, -0.2) is 62.2 Å². The van der Waals surface area contributed by atoms with Crippen molar-refractivity contribution in [2.75, 3.05) is 45.4 Å². The van der Waals surface area contributed by atoms with Gasteiger partial charge in [-0.1, -0.05) is 31.2 Å². The zero-order valence-corrected chi connectivity index (χ0v) is 19.3. The Bertz CT molecular complexity index is 1080. The Hall–Kier alpha value is -3.32. The highest BCUT2D eigenvalue weighted by molar-refractivity contribution is 6.46. The van der Waals surface area contributed by atoms with E-state index in [-0.39, 0.29) is 11.3 Å². The van der Waals surface area contributed by atoms with Gasteiger partial charge in [0.2, 0.25) is 0 Å². The van der Waals surface area contributed by atoms with Crippen LogP contribution < -0.4 is 9.64 Å². The number of ether oxygens (including phenoxy) is 2. The summed E-state index contributed by atoms with van der Waals surface area (Å²) in [5.41, 5.74) is 3.39. The SMILES string of the molecule is CCc1ccc(C2/C(=C(/O)c3ccc4c(c3)N(C)CCO4)C(=O)C(=O)N2CCCOC)cc1. The molecule has 1 atom stereocenters. The summed E-state index contributed by atoms with van der Waals surface area (Å²) in [7, 11) is 3.56. The zero-order chi connectivity index (χ0) is 23.5. The van der Waals surface area contributed by atoms with E-state index in [1.54, 1.807) is 30.2 Å². The van der Waals surface area contributed by atoms with Crippen molar-refractivity contribution in [3.8, 4) is 5.75 Å². The predicted molar refractivity (Wildman–Crippen MR) is 127 cm³/mol. The van der Waals surface area contributed by atoms with Gasteiger partial charge in [0.15, 0.2) is 0 Å². The summed E-state index contributed by atoms with van der Waals surface area (Å²) in [6, 6.07) is 12.5. The molecule has 1 N–H and O–H groups in total. The number of hydrogen-bond donors (Lipinski definition) is 1. The second kappa shape index (κ2) is 9.67. The van der Waals surface area contributed by atoms with Crippen LogP contribution in [0.5, 0.6) is 5.75 Å².